The Kier molecular flexibility index (Phi) is 9.32. The molecule has 2 aromatic rings. The van der Waals surface area contributed by atoms with Crippen LogP contribution in [0.3, 0.4) is 0 Å². The molecule has 0 saturated carbocycles. The second-order valence-electron chi connectivity index (χ2n) is 9.10. The summed E-state index contributed by atoms with van der Waals surface area (Å²) in [5, 5.41) is 12.4. The Hall–Kier alpha value is -1.93. The monoisotopic (exact) mass is 474 g/mol. The molecule has 1 aliphatic rings. The van der Waals surface area contributed by atoms with Crippen LogP contribution in [0.2, 0.25) is 0 Å². The third-order valence-electron chi connectivity index (χ3n) is 6.04. The number of aliphatic hydroxyl groups is 1. The number of aryl methyl sites for hydroxylation is 2. The van der Waals surface area contributed by atoms with Gasteiger partial charge in [-0.1, -0.05) is 24.6 Å². The van der Waals surface area contributed by atoms with Crippen molar-refractivity contribution >= 4 is 17.2 Å². The minimum absolute atomic E-state index is 0.0694. The Bertz CT molecular complexity index is 913. The summed E-state index contributed by atoms with van der Waals surface area (Å²) in [6.07, 6.45) is 0.326. The molecule has 182 valence electrons. The van der Waals surface area contributed by atoms with Crippen molar-refractivity contribution in [1.29, 1.82) is 0 Å². The molecule has 0 aliphatic carbocycles. The molecule has 1 aliphatic heterocycles. The van der Waals surface area contributed by atoms with Crippen LogP contribution >= 0.6 is 11.3 Å². The SMILES string of the molecule is CCN(CC(=O)N1CCc2sccc2[C@H]1COc1ccc(C)cc1C)C[C@H](O)COC(C)C. The summed E-state index contributed by atoms with van der Waals surface area (Å²) in [5.41, 5.74) is 3.50. The number of nitrogens with zero attached hydrogens (tertiary/aromatic N) is 2. The van der Waals surface area contributed by atoms with Gasteiger partial charge in [0.2, 0.25) is 5.91 Å². The van der Waals surface area contributed by atoms with E-state index in [9.17, 15) is 9.90 Å². The molecule has 2 heterocycles. The number of ether oxygens (including phenoxy) is 2. The fourth-order valence-corrected chi connectivity index (χ4v) is 5.17. The average Bonchev–Trinajstić information content (AvgIpc) is 3.25. The van der Waals surface area contributed by atoms with Crippen LogP contribution in [-0.4, -0.2) is 72.4 Å². The van der Waals surface area contributed by atoms with Gasteiger partial charge in [-0.3, -0.25) is 9.69 Å². The molecule has 0 spiro atoms. The van der Waals surface area contributed by atoms with Gasteiger partial charge in [-0.25, -0.2) is 0 Å². The molecule has 1 aromatic heterocycles. The van der Waals surface area contributed by atoms with E-state index in [1.807, 2.05) is 36.6 Å². The van der Waals surface area contributed by atoms with Crippen molar-refractivity contribution in [2.45, 2.75) is 59.3 Å². The highest BCUT2D eigenvalue weighted by Crippen LogP contribution is 2.34. The second kappa shape index (κ2) is 12.0. The number of likely N-dealkylation sites (N-methyl/N-ethyl adjacent to an activating group) is 1. The Morgan fingerprint density at radius 3 is 2.79 bits per heavy atom. The summed E-state index contributed by atoms with van der Waals surface area (Å²) in [7, 11) is 0. The zero-order valence-corrected chi connectivity index (χ0v) is 21.4. The van der Waals surface area contributed by atoms with E-state index in [0.29, 0.717) is 26.2 Å². The summed E-state index contributed by atoms with van der Waals surface area (Å²) >= 11 is 1.75. The van der Waals surface area contributed by atoms with Crippen molar-refractivity contribution in [3.8, 4) is 5.75 Å². The Labute approximate surface area is 202 Å². The Morgan fingerprint density at radius 2 is 2.09 bits per heavy atom. The number of benzene rings is 1. The van der Waals surface area contributed by atoms with Gasteiger partial charge in [0, 0.05) is 18.0 Å². The minimum atomic E-state index is -0.617. The average molecular weight is 475 g/mol. The standard InChI is InChI=1S/C26H38N2O4S/c1-6-27(14-21(29)16-31-18(2)3)15-26(30)28-11-9-25-22(10-12-33-25)23(28)17-32-24-8-7-19(4)13-20(24)5/h7-8,10,12-13,18,21,23,29H,6,9,11,14-17H2,1-5H3/t21-,23+/m0/s1. The molecule has 0 fully saturated rings. The van der Waals surface area contributed by atoms with Crippen molar-refractivity contribution in [1.82, 2.24) is 9.80 Å². The van der Waals surface area contributed by atoms with E-state index in [1.165, 1.54) is 16.0 Å². The number of fused-ring (bicyclic) bond motifs is 1. The fraction of sp³-hybridized carbons (Fsp3) is 0.577. The molecule has 0 radical (unpaired) electrons. The first-order valence-electron chi connectivity index (χ1n) is 11.9. The van der Waals surface area contributed by atoms with Crippen LogP contribution in [0.1, 0.15) is 48.4 Å². The third-order valence-corrected chi connectivity index (χ3v) is 7.04. The molecule has 3 rings (SSSR count). The maximum atomic E-state index is 13.4. The molecule has 1 aromatic carbocycles. The van der Waals surface area contributed by atoms with Crippen LogP contribution in [0.5, 0.6) is 5.75 Å². The van der Waals surface area contributed by atoms with E-state index in [2.05, 4.69) is 37.4 Å². The topological polar surface area (TPSA) is 62.2 Å². The zero-order chi connectivity index (χ0) is 24.0. The Balaban J connectivity index is 1.68. The van der Waals surface area contributed by atoms with E-state index >= 15 is 0 Å². The quantitative estimate of drug-likeness (QED) is 0.534. The van der Waals surface area contributed by atoms with Gasteiger partial charge < -0.3 is 19.5 Å². The van der Waals surface area contributed by atoms with Gasteiger partial charge in [0.15, 0.2) is 0 Å². The summed E-state index contributed by atoms with van der Waals surface area (Å²) < 4.78 is 11.7. The van der Waals surface area contributed by atoms with Gasteiger partial charge in [0.1, 0.15) is 12.4 Å². The molecule has 1 N–H and O–H groups in total. The Morgan fingerprint density at radius 1 is 1.30 bits per heavy atom. The van der Waals surface area contributed by atoms with Gasteiger partial charge in [0.05, 0.1) is 31.4 Å². The van der Waals surface area contributed by atoms with Gasteiger partial charge in [-0.2, -0.15) is 0 Å². The fourth-order valence-electron chi connectivity index (χ4n) is 4.25. The van der Waals surface area contributed by atoms with Crippen molar-refractivity contribution in [3.05, 3.63) is 51.2 Å². The third kappa shape index (κ3) is 7.03. The van der Waals surface area contributed by atoms with Crippen LogP contribution in [0, 0.1) is 13.8 Å². The lowest BCUT2D eigenvalue weighted by atomic mass is 10.00. The lowest BCUT2D eigenvalue weighted by Gasteiger charge is -2.37. The van der Waals surface area contributed by atoms with E-state index < -0.39 is 6.10 Å². The lowest BCUT2D eigenvalue weighted by Crippen LogP contribution is -2.48. The molecule has 6 nitrogen and oxygen atoms in total. The number of amides is 1. The van der Waals surface area contributed by atoms with E-state index in [0.717, 1.165) is 17.7 Å². The molecular weight excluding hydrogens is 436 g/mol. The molecule has 33 heavy (non-hydrogen) atoms. The van der Waals surface area contributed by atoms with E-state index in [-0.39, 0.29) is 31.2 Å². The first-order valence-corrected chi connectivity index (χ1v) is 12.7. The van der Waals surface area contributed by atoms with Crippen molar-refractivity contribution in [2.75, 3.05) is 39.4 Å². The predicted molar refractivity (Wildman–Crippen MR) is 133 cm³/mol. The molecular formula is C26H38N2O4S. The number of thiophene rings is 1. The van der Waals surface area contributed by atoms with Crippen LogP contribution in [-0.2, 0) is 16.0 Å². The van der Waals surface area contributed by atoms with Crippen LogP contribution < -0.4 is 4.74 Å². The van der Waals surface area contributed by atoms with Crippen LogP contribution in [0.25, 0.3) is 0 Å². The number of carbonyl (C=O) groups is 1. The minimum Gasteiger partial charge on any atom is -0.491 e. The molecule has 0 unspecified atom stereocenters. The van der Waals surface area contributed by atoms with Gasteiger partial charge in [-0.05, 0) is 69.3 Å². The maximum absolute atomic E-state index is 13.4. The molecule has 0 bridgehead atoms. The largest absolute Gasteiger partial charge is 0.491 e. The summed E-state index contributed by atoms with van der Waals surface area (Å²) in [6.45, 7) is 12.8. The molecule has 0 saturated heterocycles. The summed E-state index contributed by atoms with van der Waals surface area (Å²) in [5.74, 6) is 0.929. The molecule has 2 atom stereocenters. The highest BCUT2D eigenvalue weighted by molar-refractivity contribution is 7.10. The van der Waals surface area contributed by atoms with E-state index in [1.54, 1.807) is 11.3 Å². The molecule has 1 amide bonds. The van der Waals surface area contributed by atoms with E-state index in [4.69, 9.17) is 9.47 Å². The number of carbonyl (C=O) groups excluding carboxylic acids is 1. The number of rotatable bonds is 11. The smallest absolute Gasteiger partial charge is 0.237 e. The summed E-state index contributed by atoms with van der Waals surface area (Å²) in [4.78, 5) is 18.7. The molecule has 7 heteroatoms. The normalized spacial score (nSPS) is 16.8. The predicted octanol–water partition coefficient (Wildman–Crippen LogP) is 3.98. The highest BCUT2D eigenvalue weighted by atomic mass is 32.1. The van der Waals surface area contributed by atoms with Crippen molar-refractivity contribution in [2.24, 2.45) is 0 Å². The van der Waals surface area contributed by atoms with Gasteiger partial charge >= 0.3 is 0 Å². The number of aliphatic hydroxyl groups excluding tert-OH is 1. The second-order valence-corrected chi connectivity index (χ2v) is 10.1. The summed E-state index contributed by atoms with van der Waals surface area (Å²) in [6, 6.07) is 8.19. The maximum Gasteiger partial charge on any atom is 0.237 e. The first kappa shape index (κ1) is 25.7. The number of hydrogen-bond acceptors (Lipinski definition) is 6. The zero-order valence-electron chi connectivity index (χ0n) is 20.5. The number of hydrogen-bond donors (Lipinski definition) is 1. The first-order chi connectivity index (χ1) is 15.8. The van der Waals surface area contributed by atoms with Crippen molar-refractivity contribution in [3.63, 3.8) is 0 Å². The van der Waals surface area contributed by atoms with Gasteiger partial charge in [0.25, 0.3) is 0 Å². The van der Waals surface area contributed by atoms with Crippen LogP contribution in [0.4, 0.5) is 0 Å². The van der Waals surface area contributed by atoms with Gasteiger partial charge in [-0.15, -0.1) is 11.3 Å². The lowest BCUT2D eigenvalue weighted by molar-refractivity contribution is -0.136. The highest BCUT2D eigenvalue weighted by Gasteiger charge is 2.33. The van der Waals surface area contributed by atoms with Crippen molar-refractivity contribution < 1.29 is 19.4 Å². The van der Waals surface area contributed by atoms with Crippen LogP contribution in [0.15, 0.2) is 29.6 Å².